The standard InChI is InChI=1S/C19H18N2O2S2/c1-2-23-19(22)16-11-25-18(21-16)15-10-24-17(20-15)14-8-7-12-5-3-4-6-13(12)9-14/h3-9,16,21H,2,10-11H2,1H3/b18-15+/t16-/m0/s1. The highest BCUT2D eigenvalue weighted by atomic mass is 32.2. The van der Waals surface area contributed by atoms with Gasteiger partial charge in [-0.2, -0.15) is 0 Å². The number of nitrogens with one attached hydrogen (secondary N) is 1. The summed E-state index contributed by atoms with van der Waals surface area (Å²) in [5.41, 5.74) is 2.16. The Morgan fingerprint density at radius 2 is 2.08 bits per heavy atom. The molecule has 2 aliphatic heterocycles. The molecule has 1 fully saturated rings. The summed E-state index contributed by atoms with van der Waals surface area (Å²) >= 11 is 3.39. The van der Waals surface area contributed by atoms with Crippen molar-refractivity contribution in [1.82, 2.24) is 5.32 Å². The van der Waals surface area contributed by atoms with Gasteiger partial charge < -0.3 is 10.1 Å². The summed E-state index contributed by atoms with van der Waals surface area (Å²) < 4.78 is 5.09. The Labute approximate surface area is 155 Å². The summed E-state index contributed by atoms with van der Waals surface area (Å²) in [6.07, 6.45) is 0. The van der Waals surface area contributed by atoms with Crippen LogP contribution in [-0.2, 0) is 9.53 Å². The van der Waals surface area contributed by atoms with Crippen molar-refractivity contribution < 1.29 is 9.53 Å². The number of nitrogens with zero attached hydrogens (tertiary/aromatic N) is 1. The lowest BCUT2D eigenvalue weighted by Crippen LogP contribution is -2.34. The van der Waals surface area contributed by atoms with Crippen molar-refractivity contribution in [3.63, 3.8) is 0 Å². The number of thioether (sulfide) groups is 2. The third kappa shape index (κ3) is 3.41. The Balaban J connectivity index is 1.56. The van der Waals surface area contributed by atoms with E-state index < -0.39 is 0 Å². The van der Waals surface area contributed by atoms with Crippen LogP contribution in [0.25, 0.3) is 10.8 Å². The van der Waals surface area contributed by atoms with Crippen molar-refractivity contribution in [2.24, 2.45) is 4.99 Å². The van der Waals surface area contributed by atoms with E-state index in [9.17, 15) is 4.79 Å². The zero-order valence-electron chi connectivity index (χ0n) is 13.8. The average molecular weight is 370 g/mol. The third-order valence-corrected chi connectivity index (χ3v) is 6.27. The van der Waals surface area contributed by atoms with Gasteiger partial charge in [-0.25, -0.2) is 9.79 Å². The van der Waals surface area contributed by atoms with Crippen molar-refractivity contribution >= 4 is 45.3 Å². The highest BCUT2D eigenvalue weighted by molar-refractivity contribution is 8.15. The Morgan fingerprint density at radius 3 is 2.92 bits per heavy atom. The van der Waals surface area contributed by atoms with Crippen LogP contribution in [0.15, 0.2) is 58.2 Å². The predicted octanol–water partition coefficient (Wildman–Crippen LogP) is 3.77. The number of aliphatic imine (C=N–C) groups is 1. The second-order valence-electron chi connectivity index (χ2n) is 5.80. The number of carbonyl (C=O) groups excluding carboxylic acids is 1. The number of hydrogen-bond acceptors (Lipinski definition) is 6. The number of rotatable bonds is 3. The summed E-state index contributed by atoms with van der Waals surface area (Å²) in [6, 6.07) is 14.5. The molecule has 4 rings (SSSR count). The molecule has 128 valence electrons. The lowest BCUT2D eigenvalue weighted by atomic mass is 10.1. The molecule has 2 aromatic carbocycles. The number of carbonyl (C=O) groups is 1. The molecular formula is C19H18N2O2S2. The normalized spacial score (nSPS) is 22.8. The minimum absolute atomic E-state index is 0.185. The van der Waals surface area contributed by atoms with Crippen LogP contribution in [0, 0.1) is 0 Å². The fraction of sp³-hybridized carbons (Fsp3) is 0.263. The van der Waals surface area contributed by atoms with E-state index >= 15 is 0 Å². The first-order valence-electron chi connectivity index (χ1n) is 8.24. The fourth-order valence-corrected chi connectivity index (χ4v) is 4.96. The highest BCUT2D eigenvalue weighted by Gasteiger charge is 2.30. The van der Waals surface area contributed by atoms with Crippen LogP contribution in [0.5, 0.6) is 0 Å². The molecule has 0 radical (unpaired) electrons. The zero-order chi connectivity index (χ0) is 17.2. The first kappa shape index (κ1) is 16.5. The van der Waals surface area contributed by atoms with Crippen molar-refractivity contribution in [2.45, 2.75) is 13.0 Å². The average Bonchev–Trinajstić information content (AvgIpc) is 3.31. The molecule has 1 saturated heterocycles. The maximum absolute atomic E-state index is 11.9. The van der Waals surface area contributed by atoms with Crippen molar-refractivity contribution in [2.75, 3.05) is 18.1 Å². The summed E-state index contributed by atoms with van der Waals surface area (Å²) in [5.74, 6) is 1.34. The second kappa shape index (κ2) is 7.14. The molecule has 0 saturated carbocycles. The zero-order valence-corrected chi connectivity index (χ0v) is 15.5. The molecule has 2 aromatic rings. The number of ether oxygens (including phenoxy) is 1. The molecule has 0 aliphatic carbocycles. The molecule has 6 heteroatoms. The van der Waals surface area contributed by atoms with Gasteiger partial charge in [-0.15, -0.1) is 11.8 Å². The van der Waals surface area contributed by atoms with Crippen molar-refractivity contribution in [1.29, 1.82) is 0 Å². The Bertz CT molecular complexity index is 892. The van der Waals surface area contributed by atoms with Gasteiger partial charge in [0, 0.05) is 17.1 Å². The number of hydrogen-bond donors (Lipinski definition) is 1. The van der Waals surface area contributed by atoms with Gasteiger partial charge in [-0.3, -0.25) is 0 Å². The van der Waals surface area contributed by atoms with Crippen LogP contribution in [-0.4, -0.2) is 35.2 Å². The molecule has 0 amide bonds. The molecule has 0 unspecified atom stereocenters. The molecule has 1 atom stereocenters. The molecule has 2 heterocycles. The highest BCUT2D eigenvalue weighted by Crippen LogP contribution is 2.34. The number of benzene rings is 2. The first-order valence-corrected chi connectivity index (χ1v) is 10.2. The topological polar surface area (TPSA) is 50.7 Å². The summed E-state index contributed by atoms with van der Waals surface area (Å²) in [7, 11) is 0. The van der Waals surface area contributed by atoms with E-state index in [1.54, 1.807) is 23.5 Å². The SMILES string of the molecule is CCOC(=O)[C@@H]1CS/C(=C2\CSC(c3ccc4ccccc4c3)=N2)N1. The van der Waals surface area contributed by atoms with Crippen LogP contribution >= 0.6 is 23.5 Å². The largest absolute Gasteiger partial charge is 0.464 e. The van der Waals surface area contributed by atoms with Gasteiger partial charge in [0.2, 0.25) is 0 Å². The van der Waals surface area contributed by atoms with E-state index in [1.807, 2.05) is 6.92 Å². The minimum atomic E-state index is -0.266. The smallest absolute Gasteiger partial charge is 0.329 e. The van der Waals surface area contributed by atoms with Crippen LogP contribution in [0.4, 0.5) is 0 Å². The van der Waals surface area contributed by atoms with E-state index in [1.165, 1.54) is 10.8 Å². The number of fused-ring (bicyclic) bond motifs is 1. The van der Waals surface area contributed by atoms with E-state index in [4.69, 9.17) is 9.73 Å². The Kier molecular flexibility index (Phi) is 4.72. The van der Waals surface area contributed by atoms with Crippen LogP contribution in [0.3, 0.4) is 0 Å². The van der Waals surface area contributed by atoms with Crippen molar-refractivity contribution in [3.8, 4) is 0 Å². The van der Waals surface area contributed by atoms with Gasteiger partial charge in [0.05, 0.1) is 17.3 Å². The predicted molar refractivity (Wildman–Crippen MR) is 106 cm³/mol. The summed E-state index contributed by atoms with van der Waals surface area (Å²) in [4.78, 5) is 16.7. The van der Waals surface area contributed by atoms with Crippen LogP contribution in [0.2, 0.25) is 0 Å². The van der Waals surface area contributed by atoms with E-state index in [-0.39, 0.29) is 12.0 Å². The maximum Gasteiger partial charge on any atom is 0.329 e. The van der Waals surface area contributed by atoms with E-state index in [0.29, 0.717) is 12.4 Å². The lowest BCUT2D eigenvalue weighted by Gasteiger charge is -2.09. The fourth-order valence-electron chi connectivity index (χ4n) is 2.86. The van der Waals surface area contributed by atoms with E-state index in [0.717, 1.165) is 27.1 Å². The van der Waals surface area contributed by atoms with Crippen molar-refractivity contribution in [3.05, 3.63) is 58.8 Å². The summed E-state index contributed by atoms with van der Waals surface area (Å²) in [5, 5.41) is 7.76. The molecule has 0 aromatic heterocycles. The third-order valence-electron chi connectivity index (χ3n) is 4.11. The number of esters is 1. The van der Waals surface area contributed by atoms with Gasteiger partial charge in [0.15, 0.2) is 0 Å². The van der Waals surface area contributed by atoms with Gasteiger partial charge in [-0.1, -0.05) is 48.2 Å². The van der Waals surface area contributed by atoms with Crippen LogP contribution in [0.1, 0.15) is 12.5 Å². The first-order chi connectivity index (χ1) is 12.2. The monoisotopic (exact) mass is 370 g/mol. The van der Waals surface area contributed by atoms with Gasteiger partial charge >= 0.3 is 5.97 Å². The van der Waals surface area contributed by atoms with Crippen LogP contribution < -0.4 is 5.32 Å². The molecule has 2 aliphatic rings. The molecule has 25 heavy (non-hydrogen) atoms. The quantitative estimate of drug-likeness (QED) is 0.834. The molecule has 1 N–H and O–H groups in total. The Hall–Kier alpha value is -1.92. The minimum Gasteiger partial charge on any atom is -0.464 e. The molecule has 4 nitrogen and oxygen atoms in total. The van der Waals surface area contributed by atoms with Gasteiger partial charge in [-0.05, 0) is 23.8 Å². The molecule has 0 bridgehead atoms. The lowest BCUT2D eigenvalue weighted by molar-refractivity contribution is -0.144. The van der Waals surface area contributed by atoms with Gasteiger partial charge in [0.25, 0.3) is 0 Å². The second-order valence-corrected chi connectivity index (χ2v) is 7.80. The maximum atomic E-state index is 11.9. The molecule has 0 spiro atoms. The Morgan fingerprint density at radius 1 is 1.24 bits per heavy atom. The summed E-state index contributed by atoms with van der Waals surface area (Å²) in [6.45, 7) is 2.24. The van der Waals surface area contributed by atoms with E-state index in [2.05, 4.69) is 47.8 Å². The molecular weight excluding hydrogens is 352 g/mol. The van der Waals surface area contributed by atoms with Gasteiger partial charge in [0.1, 0.15) is 11.1 Å².